The first-order valence-electron chi connectivity index (χ1n) is 10.8. The second kappa shape index (κ2) is 7.76. The molecule has 0 aliphatic carbocycles. The molecule has 6 heteroatoms. The van der Waals surface area contributed by atoms with Crippen molar-refractivity contribution in [2.24, 2.45) is 0 Å². The number of imidazole rings is 1. The maximum atomic E-state index is 5.11. The van der Waals surface area contributed by atoms with Gasteiger partial charge in [-0.3, -0.25) is 9.38 Å². The fourth-order valence-electron chi connectivity index (χ4n) is 4.80. The molecule has 2 atom stereocenters. The first-order chi connectivity index (χ1) is 14.2. The van der Waals surface area contributed by atoms with Gasteiger partial charge < -0.3 is 15.1 Å². The lowest BCUT2D eigenvalue weighted by molar-refractivity contribution is 0.307. The van der Waals surface area contributed by atoms with Crippen molar-refractivity contribution in [3.05, 3.63) is 59.7 Å². The number of nitrogens with one attached hydrogen (secondary N) is 1. The number of anilines is 1. The molecule has 3 aromatic rings. The summed E-state index contributed by atoms with van der Waals surface area (Å²) in [5.41, 5.74) is 4.68. The van der Waals surface area contributed by atoms with E-state index in [4.69, 9.17) is 4.98 Å². The van der Waals surface area contributed by atoms with Crippen molar-refractivity contribution in [3.63, 3.8) is 0 Å². The molecule has 0 radical (unpaired) electrons. The maximum absolute atomic E-state index is 5.11. The van der Waals surface area contributed by atoms with Crippen LogP contribution in [0.2, 0.25) is 0 Å². The molecule has 0 amide bonds. The fourth-order valence-corrected chi connectivity index (χ4v) is 4.80. The van der Waals surface area contributed by atoms with Crippen LogP contribution in [0.1, 0.15) is 48.3 Å². The first-order valence-corrected chi connectivity index (χ1v) is 10.8. The number of pyridine rings is 2. The van der Waals surface area contributed by atoms with E-state index in [-0.39, 0.29) is 6.04 Å². The molecule has 0 saturated carbocycles. The van der Waals surface area contributed by atoms with E-state index in [2.05, 4.69) is 68.9 Å². The minimum Gasteiger partial charge on any atom is -0.354 e. The van der Waals surface area contributed by atoms with Gasteiger partial charge in [0.2, 0.25) is 0 Å². The topological polar surface area (TPSA) is 48.7 Å². The van der Waals surface area contributed by atoms with E-state index in [1.807, 2.05) is 12.3 Å². The zero-order valence-electron chi connectivity index (χ0n) is 17.4. The van der Waals surface area contributed by atoms with Gasteiger partial charge in [0.25, 0.3) is 0 Å². The summed E-state index contributed by atoms with van der Waals surface area (Å²) in [6.45, 7) is 6.43. The molecule has 2 unspecified atom stereocenters. The Labute approximate surface area is 172 Å². The van der Waals surface area contributed by atoms with Crippen LogP contribution in [0.5, 0.6) is 0 Å². The average molecular weight is 391 g/mol. The lowest BCUT2D eigenvalue weighted by Crippen LogP contribution is -2.45. The first kappa shape index (κ1) is 18.6. The fraction of sp³-hybridized carbons (Fsp3) is 0.478. The number of fused-ring (bicyclic) bond motifs is 1. The molecule has 5 rings (SSSR count). The van der Waals surface area contributed by atoms with Crippen molar-refractivity contribution in [3.8, 4) is 0 Å². The van der Waals surface area contributed by atoms with Gasteiger partial charge in [0.1, 0.15) is 17.2 Å². The molecule has 3 aromatic heterocycles. The van der Waals surface area contributed by atoms with Gasteiger partial charge in [0, 0.05) is 38.6 Å². The van der Waals surface area contributed by atoms with E-state index in [0.717, 1.165) is 44.7 Å². The minimum atomic E-state index is 0.254. The van der Waals surface area contributed by atoms with Crippen LogP contribution in [-0.4, -0.2) is 52.5 Å². The number of piperidine rings is 1. The molecule has 0 bridgehead atoms. The van der Waals surface area contributed by atoms with Crippen molar-refractivity contribution in [2.75, 3.05) is 38.1 Å². The number of likely N-dealkylation sites (N-methyl/N-ethyl adjacent to an activating group) is 1. The molecular weight excluding hydrogens is 360 g/mol. The molecule has 0 aromatic carbocycles. The van der Waals surface area contributed by atoms with Gasteiger partial charge in [0.15, 0.2) is 0 Å². The maximum Gasteiger partial charge on any atom is 0.138 e. The monoisotopic (exact) mass is 390 g/mol. The summed E-state index contributed by atoms with van der Waals surface area (Å²) < 4.78 is 2.28. The van der Waals surface area contributed by atoms with E-state index < -0.39 is 0 Å². The van der Waals surface area contributed by atoms with Crippen molar-refractivity contribution in [2.45, 2.75) is 38.3 Å². The zero-order valence-corrected chi connectivity index (χ0v) is 17.4. The summed E-state index contributed by atoms with van der Waals surface area (Å²) >= 11 is 0. The van der Waals surface area contributed by atoms with Gasteiger partial charge in [-0.2, -0.15) is 0 Å². The lowest BCUT2D eigenvalue weighted by Gasteiger charge is -2.36. The van der Waals surface area contributed by atoms with Gasteiger partial charge in [-0.1, -0.05) is 12.1 Å². The quantitative estimate of drug-likeness (QED) is 0.743. The van der Waals surface area contributed by atoms with Crippen molar-refractivity contribution >= 4 is 11.5 Å². The molecule has 2 aliphatic heterocycles. The third kappa shape index (κ3) is 3.51. The van der Waals surface area contributed by atoms with E-state index in [0.29, 0.717) is 6.04 Å². The summed E-state index contributed by atoms with van der Waals surface area (Å²) in [5.74, 6) is 1.27. The van der Waals surface area contributed by atoms with Crippen LogP contribution in [0.3, 0.4) is 0 Å². The Morgan fingerprint density at radius 1 is 0.966 bits per heavy atom. The van der Waals surface area contributed by atoms with Crippen LogP contribution < -0.4 is 10.2 Å². The Balaban J connectivity index is 1.51. The standard InChI is InChI=1S/C23H30N6/c1-17-7-6-11-24-21(17)18-8-5-9-19(25-18)22-23(28-15-13-27(2)14-16-28)29-12-4-3-10-20(29)26-22/h3-4,6-7,10-12,18-19,25H,5,8-9,13-16H2,1-2H3. The van der Waals surface area contributed by atoms with E-state index in [1.54, 1.807) is 0 Å². The number of hydrogen-bond donors (Lipinski definition) is 1. The molecule has 1 N–H and O–H groups in total. The number of rotatable bonds is 3. The summed E-state index contributed by atoms with van der Waals surface area (Å²) in [6.07, 6.45) is 7.50. The number of nitrogens with zero attached hydrogens (tertiary/aromatic N) is 5. The third-order valence-corrected chi connectivity index (χ3v) is 6.43. The van der Waals surface area contributed by atoms with E-state index in [1.165, 1.54) is 29.2 Å². The van der Waals surface area contributed by atoms with E-state index in [9.17, 15) is 0 Å². The Hall–Kier alpha value is -2.44. The Morgan fingerprint density at radius 3 is 2.55 bits per heavy atom. The molecule has 29 heavy (non-hydrogen) atoms. The van der Waals surface area contributed by atoms with Crippen LogP contribution in [0.15, 0.2) is 42.7 Å². The van der Waals surface area contributed by atoms with Crippen molar-refractivity contribution in [1.29, 1.82) is 0 Å². The number of hydrogen-bond acceptors (Lipinski definition) is 5. The highest BCUT2D eigenvalue weighted by atomic mass is 15.3. The average Bonchev–Trinajstić information content (AvgIpc) is 3.14. The van der Waals surface area contributed by atoms with Gasteiger partial charge >= 0.3 is 0 Å². The second-order valence-corrected chi connectivity index (χ2v) is 8.45. The van der Waals surface area contributed by atoms with Crippen molar-refractivity contribution in [1.82, 2.24) is 24.6 Å². The minimum absolute atomic E-state index is 0.254. The normalized spacial score (nSPS) is 23.6. The highest BCUT2D eigenvalue weighted by Crippen LogP contribution is 2.37. The summed E-state index contributed by atoms with van der Waals surface area (Å²) in [5, 5.41) is 3.90. The predicted octanol–water partition coefficient (Wildman–Crippen LogP) is 3.35. The summed E-state index contributed by atoms with van der Waals surface area (Å²) in [4.78, 5) is 14.7. The van der Waals surface area contributed by atoms with Crippen LogP contribution in [0, 0.1) is 6.92 Å². The van der Waals surface area contributed by atoms with Gasteiger partial charge in [0.05, 0.1) is 17.8 Å². The molecule has 6 nitrogen and oxygen atoms in total. The largest absolute Gasteiger partial charge is 0.354 e. The molecule has 5 heterocycles. The highest BCUT2D eigenvalue weighted by Gasteiger charge is 2.31. The summed E-state index contributed by atoms with van der Waals surface area (Å²) in [6, 6.07) is 11.0. The van der Waals surface area contributed by atoms with Crippen LogP contribution in [-0.2, 0) is 0 Å². The Bertz CT molecular complexity index is 988. The Morgan fingerprint density at radius 2 is 1.76 bits per heavy atom. The second-order valence-electron chi connectivity index (χ2n) is 8.45. The molecule has 0 spiro atoms. The van der Waals surface area contributed by atoms with Gasteiger partial charge in [-0.15, -0.1) is 0 Å². The predicted molar refractivity (Wildman–Crippen MR) is 116 cm³/mol. The molecule has 152 valence electrons. The smallest absolute Gasteiger partial charge is 0.138 e. The highest BCUT2D eigenvalue weighted by molar-refractivity contribution is 5.58. The molecule has 2 aliphatic rings. The lowest BCUT2D eigenvalue weighted by atomic mass is 9.93. The molecular formula is C23H30N6. The number of aryl methyl sites for hydroxylation is 1. The number of aromatic nitrogens is 3. The van der Waals surface area contributed by atoms with Crippen LogP contribution in [0.4, 0.5) is 5.82 Å². The molecule has 2 saturated heterocycles. The SMILES string of the molecule is Cc1cccnc1C1CCCC(c2nc3ccccn3c2N2CCN(C)CC2)N1. The zero-order chi connectivity index (χ0) is 19.8. The van der Waals surface area contributed by atoms with E-state index >= 15 is 0 Å². The molecule has 2 fully saturated rings. The Kier molecular flexibility index (Phi) is 4.97. The summed E-state index contributed by atoms with van der Waals surface area (Å²) in [7, 11) is 2.20. The third-order valence-electron chi connectivity index (χ3n) is 6.43. The van der Waals surface area contributed by atoms with Crippen LogP contribution in [0.25, 0.3) is 5.65 Å². The van der Waals surface area contributed by atoms with Crippen LogP contribution >= 0.6 is 0 Å². The number of piperazine rings is 1. The van der Waals surface area contributed by atoms with Gasteiger partial charge in [-0.25, -0.2) is 4.98 Å². The van der Waals surface area contributed by atoms with Crippen molar-refractivity contribution < 1.29 is 0 Å². The van der Waals surface area contributed by atoms with Gasteiger partial charge in [-0.05, 0) is 57.0 Å².